The average molecular weight is 422 g/mol. The summed E-state index contributed by atoms with van der Waals surface area (Å²) in [5.41, 5.74) is 1.63. The second kappa shape index (κ2) is 9.07. The Morgan fingerprint density at radius 3 is 2.71 bits per heavy atom. The van der Waals surface area contributed by atoms with Crippen molar-refractivity contribution in [3.8, 4) is 5.88 Å². The number of nitrogens with one attached hydrogen (secondary N) is 1. The minimum absolute atomic E-state index is 0.216. The van der Waals surface area contributed by atoms with Crippen molar-refractivity contribution in [2.45, 2.75) is 6.23 Å². The Labute approximate surface area is 178 Å². The number of amides is 2. The maximum absolute atomic E-state index is 13.2. The van der Waals surface area contributed by atoms with Gasteiger partial charge in [-0.25, -0.2) is 4.98 Å². The molecule has 0 fully saturated rings. The van der Waals surface area contributed by atoms with E-state index in [4.69, 9.17) is 14.2 Å². The Bertz CT molecular complexity index is 1120. The second-order valence-corrected chi connectivity index (χ2v) is 6.84. The molecule has 1 N–H and O–H groups in total. The zero-order valence-electron chi connectivity index (χ0n) is 17.2. The van der Waals surface area contributed by atoms with E-state index in [2.05, 4.69) is 15.3 Å². The second-order valence-electron chi connectivity index (χ2n) is 6.84. The van der Waals surface area contributed by atoms with Gasteiger partial charge in [0.05, 0.1) is 13.7 Å². The number of benzene rings is 1. The van der Waals surface area contributed by atoms with Gasteiger partial charge in [-0.1, -0.05) is 18.2 Å². The highest BCUT2D eigenvalue weighted by atomic mass is 16.5. The lowest BCUT2D eigenvalue weighted by Crippen LogP contribution is -2.35. The molecule has 2 amide bonds. The predicted molar refractivity (Wildman–Crippen MR) is 113 cm³/mol. The molecule has 0 radical (unpaired) electrons. The standard InChI is InChI=1S/C22H22N4O5/c1-29-12-11-23-18(27)13-31-22-16-6-4-3-5-15(16)21(28)26(22)17-9-7-14-8-10-19(30-2)25-20(14)24-17/h3-10,22H,11-13H2,1-2H3,(H,23,27). The van der Waals surface area contributed by atoms with Crippen LogP contribution < -0.4 is 15.0 Å². The number of pyridine rings is 2. The van der Waals surface area contributed by atoms with Crippen molar-refractivity contribution in [2.75, 3.05) is 38.9 Å². The summed E-state index contributed by atoms with van der Waals surface area (Å²) in [6.07, 6.45) is -0.785. The summed E-state index contributed by atoms with van der Waals surface area (Å²) in [7, 11) is 3.09. The molecule has 0 saturated heterocycles. The highest BCUT2D eigenvalue weighted by Crippen LogP contribution is 2.37. The van der Waals surface area contributed by atoms with Gasteiger partial charge in [-0.3, -0.25) is 14.5 Å². The molecule has 0 saturated carbocycles. The minimum atomic E-state index is -0.785. The lowest BCUT2D eigenvalue weighted by Gasteiger charge is -2.24. The van der Waals surface area contributed by atoms with Crippen LogP contribution >= 0.6 is 0 Å². The molecular formula is C22H22N4O5. The number of carbonyl (C=O) groups excluding carboxylic acids is 2. The van der Waals surface area contributed by atoms with Crippen LogP contribution in [0.5, 0.6) is 5.88 Å². The SMILES string of the molecule is COCCNC(=O)COC1c2ccccc2C(=O)N1c1ccc2ccc(OC)nc2n1. The van der Waals surface area contributed by atoms with E-state index in [0.29, 0.717) is 41.6 Å². The molecule has 160 valence electrons. The lowest BCUT2D eigenvalue weighted by molar-refractivity contribution is -0.127. The summed E-state index contributed by atoms with van der Waals surface area (Å²) in [6.45, 7) is 0.564. The van der Waals surface area contributed by atoms with Crippen LogP contribution in [0.2, 0.25) is 0 Å². The molecule has 4 rings (SSSR count). The van der Waals surface area contributed by atoms with Crippen LogP contribution in [-0.4, -0.2) is 55.8 Å². The van der Waals surface area contributed by atoms with Gasteiger partial charge in [0, 0.05) is 36.2 Å². The number of fused-ring (bicyclic) bond motifs is 2. The number of carbonyl (C=O) groups is 2. The van der Waals surface area contributed by atoms with Gasteiger partial charge >= 0.3 is 0 Å². The van der Waals surface area contributed by atoms with Gasteiger partial charge in [0.2, 0.25) is 11.8 Å². The molecule has 3 heterocycles. The number of methoxy groups -OCH3 is 2. The fourth-order valence-corrected chi connectivity index (χ4v) is 3.39. The highest BCUT2D eigenvalue weighted by molar-refractivity contribution is 6.10. The number of anilines is 1. The molecule has 0 aliphatic carbocycles. The molecule has 1 unspecified atom stereocenters. The molecule has 1 aliphatic heterocycles. The van der Waals surface area contributed by atoms with E-state index < -0.39 is 6.23 Å². The van der Waals surface area contributed by atoms with Crippen LogP contribution in [0.15, 0.2) is 48.5 Å². The Hall–Kier alpha value is -3.56. The van der Waals surface area contributed by atoms with Gasteiger partial charge in [-0.2, -0.15) is 4.98 Å². The van der Waals surface area contributed by atoms with Gasteiger partial charge in [0.15, 0.2) is 11.9 Å². The van der Waals surface area contributed by atoms with E-state index in [-0.39, 0.29) is 18.4 Å². The summed E-state index contributed by atoms with van der Waals surface area (Å²) in [5.74, 6) is 0.245. The molecule has 2 aromatic heterocycles. The first-order valence-corrected chi connectivity index (χ1v) is 9.74. The molecule has 3 aromatic rings. The highest BCUT2D eigenvalue weighted by Gasteiger charge is 2.39. The smallest absolute Gasteiger partial charge is 0.262 e. The number of hydrogen-bond donors (Lipinski definition) is 1. The van der Waals surface area contributed by atoms with Gasteiger partial charge in [0.1, 0.15) is 12.4 Å². The number of aromatic nitrogens is 2. The molecule has 31 heavy (non-hydrogen) atoms. The third kappa shape index (κ3) is 4.18. The normalized spacial score (nSPS) is 15.2. The Morgan fingerprint density at radius 1 is 1.10 bits per heavy atom. The van der Waals surface area contributed by atoms with Crippen LogP contribution in [0.4, 0.5) is 5.82 Å². The van der Waals surface area contributed by atoms with E-state index >= 15 is 0 Å². The van der Waals surface area contributed by atoms with E-state index in [1.54, 1.807) is 31.4 Å². The quantitative estimate of drug-likeness (QED) is 0.555. The zero-order chi connectivity index (χ0) is 21.8. The minimum Gasteiger partial charge on any atom is -0.481 e. The lowest BCUT2D eigenvalue weighted by atomic mass is 10.1. The monoisotopic (exact) mass is 422 g/mol. The van der Waals surface area contributed by atoms with Crippen molar-refractivity contribution in [3.63, 3.8) is 0 Å². The summed E-state index contributed by atoms with van der Waals surface area (Å²) < 4.78 is 16.0. The molecule has 0 spiro atoms. The summed E-state index contributed by atoms with van der Waals surface area (Å²) >= 11 is 0. The van der Waals surface area contributed by atoms with Gasteiger partial charge in [-0.15, -0.1) is 0 Å². The Morgan fingerprint density at radius 2 is 1.90 bits per heavy atom. The average Bonchev–Trinajstić information content (AvgIpc) is 3.09. The van der Waals surface area contributed by atoms with Crippen LogP contribution in [0.1, 0.15) is 22.1 Å². The largest absolute Gasteiger partial charge is 0.481 e. The van der Waals surface area contributed by atoms with Crippen molar-refractivity contribution >= 4 is 28.7 Å². The molecule has 1 aromatic carbocycles. The fraction of sp³-hybridized carbons (Fsp3) is 0.273. The Kier molecular flexibility index (Phi) is 6.06. The molecule has 9 nitrogen and oxygen atoms in total. The number of hydrogen-bond acceptors (Lipinski definition) is 7. The van der Waals surface area contributed by atoms with E-state index in [1.165, 1.54) is 12.0 Å². The first-order chi connectivity index (χ1) is 15.1. The zero-order valence-corrected chi connectivity index (χ0v) is 17.2. The predicted octanol–water partition coefficient (Wildman–Crippen LogP) is 2.08. The third-order valence-corrected chi connectivity index (χ3v) is 4.88. The van der Waals surface area contributed by atoms with Crippen molar-refractivity contribution < 1.29 is 23.8 Å². The van der Waals surface area contributed by atoms with Crippen LogP contribution in [0.25, 0.3) is 11.0 Å². The molecule has 1 atom stereocenters. The molecule has 0 bridgehead atoms. The first-order valence-electron chi connectivity index (χ1n) is 9.74. The van der Waals surface area contributed by atoms with Crippen LogP contribution in [-0.2, 0) is 14.3 Å². The summed E-state index contributed by atoms with van der Waals surface area (Å²) in [4.78, 5) is 35.6. The van der Waals surface area contributed by atoms with Crippen molar-refractivity contribution in [1.82, 2.24) is 15.3 Å². The summed E-state index contributed by atoms with van der Waals surface area (Å²) in [6, 6.07) is 14.3. The van der Waals surface area contributed by atoms with Crippen LogP contribution in [0.3, 0.4) is 0 Å². The number of ether oxygens (including phenoxy) is 3. The Balaban J connectivity index is 1.64. The molecular weight excluding hydrogens is 400 g/mol. The van der Waals surface area contributed by atoms with Crippen LogP contribution in [0, 0.1) is 0 Å². The van der Waals surface area contributed by atoms with E-state index in [0.717, 1.165) is 5.39 Å². The van der Waals surface area contributed by atoms with Crippen molar-refractivity contribution in [2.24, 2.45) is 0 Å². The molecule has 9 heteroatoms. The van der Waals surface area contributed by atoms with Crippen molar-refractivity contribution in [3.05, 3.63) is 59.7 Å². The number of rotatable bonds is 8. The van der Waals surface area contributed by atoms with Crippen molar-refractivity contribution in [1.29, 1.82) is 0 Å². The topological polar surface area (TPSA) is 103 Å². The third-order valence-electron chi connectivity index (χ3n) is 4.88. The molecule has 1 aliphatic rings. The van der Waals surface area contributed by atoms with Gasteiger partial charge in [0.25, 0.3) is 5.91 Å². The van der Waals surface area contributed by atoms with E-state index in [9.17, 15) is 9.59 Å². The maximum atomic E-state index is 13.2. The number of nitrogens with zero attached hydrogens (tertiary/aromatic N) is 3. The first kappa shape index (κ1) is 20.7. The van der Waals surface area contributed by atoms with Gasteiger partial charge < -0.3 is 19.5 Å². The van der Waals surface area contributed by atoms with Gasteiger partial charge in [-0.05, 0) is 24.3 Å². The summed E-state index contributed by atoms with van der Waals surface area (Å²) in [5, 5.41) is 3.51. The van der Waals surface area contributed by atoms with E-state index in [1.807, 2.05) is 24.3 Å². The fourth-order valence-electron chi connectivity index (χ4n) is 3.39. The maximum Gasteiger partial charge on any atom is 0.262 e.